The third-order valence-electron chi connectivity index (χ3n) is 1.91. The molecule has 1 aromatic rings. The van der Waals surface area contributed by atoms with Crippen molar-refractivity contribution in [1.82, 2.24) is 10.3 Å². The number of carbonyl (C=O) groups excluding carboxylic acids is 2. The number of aromatic nitrogens is 1. The van der Waals surface area contributed by atoms with Gasteiger partial charge in [-0.25, -0.2) is 0 Å². The molecule has 2 N–H and O–H groups in total. The van der Waals surface area contributed by atoms with Gasteiger partial charge < -0.3 is 15.0 Å². The molecule has 7 heteroatoms. The number of halogens is 1. The fourth-order valence-electron chi connectivity index (χ4n) is 1.07. The van der Waals surface area contributed by atoms with Crippen LogP contribution in [-0.2, 0) is 9.53 Å². The van der Waals surface area contributed by atoms with Crippen LogP contribution in [-0.4, -0.2) is 35.9 Å². The molecule has 1 aromatic heterocycles. The van der Waals surface area contributed by atoms with Crippen molar-refractivity contribution in [3.63, 3.8) is 0 Å². The van der Waals surface area contributed by atoms with E-state index in [1.807, 2.05) is 0 Å². The molecule has 92 valence electrons. The van der Waals surface area contributed by atoms with Crippen molar-refractivity contribution in [1.29, 1.82) is 0 Å². The summed E-state index contributed by atoms with van der Waals surface area (Å²) in [6, 6.07) is 4.18. The topological polar surface area (TPSA) is 88.3 Å². The van der Waals surface area contributed by atoms with Gasteiger partial charge in [-0.2, -0.15) is 0 Å². The zero-order chi connectivity index (χ0) is 12.8. The maximum atomic E-state index is 11.5. The molecule has 6 nitrogen and oxygen atoms in total. The summed E-state index contributed by atoms with van der Waals surface area (Å²) >= 11 is 5.63. The van der Waals surface area contributed by atoms with E-state index in [9.17, 15) is 14.4 Å². The van der Waals surface area contributed by atoms with E-state index < -0.39 is 17.3 Å². The quantitative estimate of drug-likeness (QED) is 0.582. The van der Waals surface area contributed by atoms with Gasteiger partial charge in [0, 0.05) is 12.6 Å². The molecule has 0 aliphatic heterocycles. The Balaban J connectivity index is 2.56. The van der Waals surface area contributed by atoms with E-state index in [4.69, 9.17) is 11.6 Å². The Kier molecular flexibility index (Phi) is 4.71. The first-order valence-corrected chi connectivity index (χ1v) is 5.17. The smallest absolute Gasteiger partial charge is 0.325 e. The molecule has 1 atom stereocenters. The number of H-pyrrole nitrogens is 1. The Morgan fingerprint density at radius 3 is 2.82 bits per heavy atom. The van der Waals surface area contributed by atoms with E-state index in [1.165, 1.54) is 25.3 Å². The molecular weight excluding hydrogens is 248 g/mol. The standard InChI is InChI=1S/C10H11ClN2O4/c1-17-10(16)6(11)5-12-9(15)7-3-2-4-8(14)13-7/h2-4,6H,5H2,1H3,(H,12,15)(H,13,14). The number of aromatic amines is 1. The molecular formula is C10H11ClN2O4. The van der Waals surface area contributed by atoms with Crippen LogP contribution in [0.4, 0.5) is 0 Å². The van der Waals surface area contributed by atoms with Gasteiger partial charge in [0.1, 0.15) is 11.1 Å². The molecule has 0 aliphatic rings. The van der Waals surface area contributed by atoms with Gasteiger partial charge in [-0.05, 0) is 6.07 Å². The number of ether oxygens (including phenoxy) is 1. The highest BCUT2D eigenvalue weighted by molar-refractivity contribution is 6.30. The maximum Gasteiger partial charge on any atom is 0.325 e. The summed E-state index contributed by atoms with van der Waals surface area (Å²) < 4.78 is 4.39. The van der Waals surface area contributed by atoms with Gasteiger partial charge in [0.15, 0.2) is 0 Å². The third-order valence-corrected chi connectivity index (χ3v) is 2.24. The van der Waals surface area contributed by atoms with Crippen LogP contribution in [0.5, 0.6) is 0 Å². The highest BCUT2D eigenvalue weighted by Crippen LogP contribution is 1.97. The molecule has 1 unspecified atom stereocenters. The van der Waals surface area contributed by atoms with Gasteiger partial charge in [0.05, 0.1) is 7.11 Å². The number of hydrogen-bond donors (Lipinski definition) is 2. The minimum Gasteiger partial charge on any atom is -0.468 e. The van der Waals surface area contributed by atoms with Crippen molar-refractivity contribution in [3.8, 4) is 0 Å². The lowest BCUT2D eigenvalue weighted by atomic mass is 10.3. The number of methoxy groups -OCH3 is 1. The molecule has 0 aromatic carbocycles. The number of nitrogens with one attached hydrogen (secondary N) is 2. The van der Waals surface area contributed by atoms with Crippen molar-refractivity contribution in [2.45, 2.75) is 5.38 Å². The lowest BCUT2D eigenvalue weighted by Gasteiger charge is -2.08. The highest BCUT2D eigenvalue weighted by atomic mass is 35.5. The van der Waals surface area contributed by atoms with Crippen LogP contribution < -0.4 is 10.9 Å². The zero-order valence-corrected chi connectivity index (χ0v) is 9.78. The van der Waals surface area contributed by atoms with Gasteiger partial charge in [0.25, 0.3) is 5.91 Å². The first kappa shape index (κ1) is 13.2. The fourth-order valence-corrected chi connectivity index (χ4v) is 1.24. The first-order valence-electron chi connectivity index (χ1n) is 4.74. The molecule has 0 spiro atoms. The Bertz CT molecular complexity index is 471. The zero-order valence-electron chi connectivity index (χ0n) is 9.03. The number of rotatable bonds is 4. The Morgan fingerprint density at radius 1 is 1.53 bits per heavy atom. The van der Waals surface area contributed by atoms with Crippen LogP contribution in [0.3, 0.4) is 0 Å². The number of carbonyl (C=O) groups is 2. The molecule has 1 heterocycles. The summed E-state index contributed by atoms with van der Waals surface area (Å²) in [5.41, 5.74) is -0.278. The van der Waals surface area contributed by atoms with Crippen LogP contribution in [0.1, 0.15) is 10.5 Å². The minimum atomic E-state index is -0.959. The predicted octanol–water partition coefficient (Wildman–Crippen LogP) is -0.115. The van der Waals surface area contributed by atoms with Crippen LogP contribution >= 0.6 is 11.6 Å². The third kappa shape index (κ3) is 3.92. The largest absolute Gasteiger partial charge is 0.468 e. The van der Waals surface area contributed by atoms with Crippen LogP contribution in [0, 0.1) is 0 Å². The van der Waals surface area contributed by atoms with E-state index in [0.29, 0.717) is 0 Å². The summed E-state index contributed by atoms with van der Waals surface area (Å²) in [6.45, 7) is -0.0794. The number of pyridine rings is 1. The van der Waals surface area contributed by atoms with Crippen molar-refractivity contribution in [2.24, 2.45) is 0 Å². The van der Waals surface area contributed by atoms with Gasteiger partial charge >= 0.3 is 5.97 Å². The Labute approximate surface area is 102 Å². The van der Waals surface area contributed by atoms with E-state index in [0.717, 1.165) is 0 Å². The van der Waals surface area contributed by atoms with E-state index >= 15 is 0 Å². The molecule has 0 bridgehead atoms. The lowest BCUT2D eigenvalue weighted by molar-refractivity contribution is -0.140. The number of esters is 1. The average molecular weight is 259 g/mol. The molecule has 0 fully saturated rings. The summed E-state index contributed by atoms with van der Waals surface area (Å²) in [5, 5.41) is 1.44. The molecule has 0 radical (unpaired) electrons. The van der Waals surface area contributed by atoms with Crippen molar-refractivity contribution < 1.29 is 14.3 Å². The summed E-state index contributed by atoms with van der Waals surface area (Å²) in [4.78, 5) is 35.8. The first-order chi connectivity index (χ1) is 8.04. The van der Waals surface area contributed by atoms with Gasteiger partial charge in [-0.15, -0.1) is 11.6 Å². The van der Waals surface area contributed by atoms with Gasteiger partial charge in [-0.1, -0.05) is 6.07 Å². The molecule has 1 rings (SSSR count). The maximum absolute atomic E-state index is 11.5. The number of hydrogen-bond acceptors (Lipinski definition) is 4. The molecule has 0 saturated heterocycles. The SMILES string of the molecule is COC(=O)C(Cl)CNC(=O)c1cccc(=O)[nH]1. The van der Waals surface area contributed by atoms with E-state index in [2.05, 4.69) is 15.0 Å². The lowest BCUT2D eigenvalue weighted by Crippen LogP contribution is -2.35. The minimum absolute atomic E-state index is 0.0794. The highest BCUT2D eigenvalue weighted by Gasteiger charge is 2.17. The second-order valence-electron chi connectivity index (χ2n) is 3.13. The summed E-state index contributed by atoms with van der Waals surface area (Å²) in [6.07, 6.45) is 0. The number of amides is 1. The Morgan fingerprint density at radius 2 is 2.24 bits per heavy atom. The van der Waals surface area contributed by atoms with Gasteiger partial charge in [-0.3, -0.25) is 14.4 Å². The fraction of sp³-hybridized carbons (Fsp3) is 0.300. The molecule has 0 aliphatic carbocycles. The average Bonchev–Trinajstić information content (AvgIpc) is 2.34. The van der Waals surface area contributed by atoms with Crippen molar-refractivity contribution in [2.75, 3.05) is 13.7 Å². The molecule has 17 heavy (non-hydrogen) atoms. The van der Waals surface area contributed by atoms with Gasteiger partial charge in [0.2, 0.25) is 5.56 Å². The monoisotopic (exact) mass is 258 g/mol. The normalized spacial score (nSPS) is 11.6. The van der Waals surface area contributed by atoms with E-state index in [1.54, 1.807) is 0 Å². The summed E-state index contributed by atoms with van der Waals surface area (Å²) in [7, 11) is 1.20. The van der Waals surface area contributed by atoms with Crippen LogP contribution in [0.15, 0.2) is 23.0 Å². The van der Waals surface area contributed by atoms with E-state index in [-0.39, 0.29) is 17.8 Å². The van der Waals surface area contributed by atoms with Crippen LogP contribution in [0.25, 0.3) is 0 Å². The summed E-state index contributed by atoms with van der Waals surface area (Å²) in [5.74, 6) is -1.15. The van der Waals surface area contributed by atoms with Crippen molar-refractivity contribution in [3.05, 3.63) is 34.2 Å². The number of alkyl halides is 1. The Hall–Kier alpha value is -1.82. The van der Waals surface area contributed by atoms with Crippen LogP contribution in [0.2, 0.25) is 0 Å². The molecule has 0 saturated carbocycles. The van der Waals surface area contributed by atoms with Crippen molar-refractivity contribution >= 4 is 23.5 Å². The second-order valence-corrected chi connectivity index (χ2v) is 3.66. The molecule has 1 amide bonds. The predicted molar refractivity (Wildman–Crippen MR) is 61.1 cm³/mol. The second kappa shape index (κ2) is 6.05.